The van der Waals surface area contributed by atoms with Crippen LogP contribution in [0.25, 0.3) is 0 Å². The Morgan fingerprint density at radius 3 is 2.63 bits per heavy atom. The summed E-state index contributed by atoms with van der Waals surface area (Å²) in [6.07, 6.45) is -5.13. The quantitative estimate of drug-likeness (QED) is 0.268. The second-order valence-electron chi connectivity index (χ2n) is 8.80. The number of ketones is 1. The summed E-state index contributed by atoms with van der Waals surface area (Å²) >= 11 is 0. The highest BCUT2D eigenvalue weighted by Gasteiger charge is 2.44. The van der Waals surface area contributed by atoms with Gasteiger partial charge in [0.25, 0.3) is 0 Å². The van der Waals surface area contributed by atoms with Crippen LogP contribution in [0.5, 0.6) is 0 Å². The summed E-state index contributed by atoms with van der Waals surface area (Å²) in [5, 5.41) is 17.6. The van der Waals surface area contributed by atoms with Crippen molar-refractivity contribution in [2.45, 2.75) is 37.5 Å². The van der Waals surface area contributed by atoms with Gasteiger partial charge in [0.05, 0.1) is 24.3 Å². The number of nitrogens with one attached hydrogen (secondary N) is 1. The number of nitrogens with two attached hydrogens (primary N) is 1. The van der Waals surface area contributed by atoms with E-state index in [4.69, 9.17) is 5.14 Å². The SMILES string of the molecule is NS(=O)(=O)OCC1CC(Nc2ncncc2C(=O)c2cc(C(F)(F)F)n(Cc3ccccc3)c2)C(F)C1O. The molecule has 4 N–H and O–H groups in total. The van der Waals surface area contributed by atoms with Crippen LogP contribution in [0.1, 0.15) is 33.6 Å². The summed E-state index contributed by atoms with van der Waals surface area (Å²) in [7, 11) is -4.31. The van der Waals surface area contributed by atoms with E-state index in [2.05, 4.69) is 19.5 Å². The van der Waals surface area contributed by atoms with E-state index in [1.807, 2.05) is 0 Å². The van der Waals surface area contributed by atoms with Crippen molar-refractivity contribution in [2.24, 2.45) is 11.1 Å². The molecule has 0 radical (unpaired) electrons. The van der Waals surface area contributed by atoms with E-state index < -0.39 is 58.8 Å². The third-order valence-electron chi connectivity index (χ3n) is 6.12. The van der Waals surface area contributed by atoms with Crippen molar-refractivity contribution in [2.75, 3.05) is 11.9 Å². The Labute approximate surface area is 214 Å². The molecule has 1 aliphatic rings. The number of nitrogens with zero attached hydrogens (tertiary/aromatic N) is 3. The number of carbonyl (C=O) groups is 1. The number of benzene rings is 1. The van der Waals surface area contributed by atoms with Gasteiger partial charge in [-0.3, -0.25) is 8.98 Å². The molecule has 1 fully saturated rings. The summed E-state index contributed by atoms with van der Waals surface area (Å²) in [4.78, 5) is 21.0. The molecule has 10 nitrogen and oxygen atoms in total. The van der Waals surface area contributed by atoms with Crippen molar-refractivity contribution in [1.82, 2.24) is 14.5 Å². The first-order valence-electron chi connectivity index (χ1n) is 11.3. The average molecular weight is 558 g/mol. The smallest absolute Gasteiger partial charge is 0.390 e. The zero-order valence-corrected chi connectivity index (χ0v) is 20.4. The summed E-state index contributed by atoms with van der Waals surface area (Å²) in [6, 6.07) is 8.00. The first-order valence-corrected chi connectivity index (χ1v) is 12.7. The van der Waals surface area contributed by atoms with Crippen molar-refractivity contribution in [1.29, 1.82) is 0 Å². The fourth-order valence-corrected chi connectivity index (χ4v) is 4.67. The fourth-order valence-electron chi connectivity index (χ4n) is 4.31. The molecular weight excluding hydrogens is 534 g/mol. The van der Waals surface area contributed by atoms with Gasteiger partial charge in [-0.2, -0.15) is 21.6 Å². The molecule has 0 aliphatic heterocycles. The van der Waals surface area contributed by atoms with Crippen LogP contribution in [-0.4, -0.2) is 58.8 Å². The highest BCUT2D eigenvalue weighted by Crippen LogP contribution is 2.34. The van der Waals surface area contributed by atoms with Gasteiger partial charge in [0, 0.05) is 30.4 Å². The Morgan fingerprint density at radius 1 is 1.26 bits per heavy atom. The van der Waals surface area contributed by atoms with E-state index in [1.54, 1.807) is 30.3 Å². The Bertz CT molecular complexity index is 1400. The molecule has 4 unspecified atom stereocenters. The lowest BCUT2D eigenvalue weighted by molar-refractivity contribution is -0.143. The van der Waals surface area contributed by atoms with Gasteiger partial charge in [0.2, 0.25) is 0 Å². The van der Waals surface area contributed by atoms with Crippen molar-refractivity contribution in [3.05, 3.63) is 77.5 Å². The Morgan fingerprint density at radius 2 is 1.97 bits per heavy atom. The van der Waals surface area contributed by atoms with Gasteiger partial charge in [0.1, 0.15) is 24.0 Å². The lowest BCUT2D eigenvalue weighted by atomic mass is 10.1. The van der Waals surface area contributed by atoms with E-state index >= 15 is 0 Å². The van der Waals surface area contributed by atoms with Gasteiger partial charge >= 0.3 is 16.5 Å². The zero-order chi connectivity index (χ0) is 27.7. The normalized spacial score (nSPS) is 21.9. The van der Waals surface area contributed by atoms with Crippen molar-refractivity contribution < 1.29 is 40.1 Å². The number of aliphatic hydroxyl groups is 1. The molecule has 38 heavy (non-hydrogen) atoms. The van der Waals surface area contributed by atoms with Crippen LogP contribution in [0.2, 0.25) is 0 Å². The van der Waals surface area contributed by atoms with Gasteiger partial charge < -0.3 is 15.0 Å². The van der Waals surface area contributed by atoms with Crippen LogP contribution in [-0.2, 0) is 27.2 Å². The Kier molecular flexibility index (Phi) is 7.83. The van der Waals surface area contributed by atoms with Gasteiger partial charge in [0.15, 0.2) is 5.78 Å². The van der Waals surface area contributed by atoms with E-state index in [0.29, 0.717) is 5.56 Å². The van der Waals surface area contributed by atoms with Crippen LogP contribution in [0, 0.1) is 5.92 Å². The minimum absolute atomic E-state index is 0.110. The second-order valence-corrected chi connectivity index (χ2v) is 10.0. The summed E-state index contributed by atoms with van der Waals surface area (Å²) in [6.45, 7) is -0.700. The van der Waals surface area contributed by atoms with Crippen LogP contribution in [0.3, 0.4) is 0 Å². The monoisotopic (exact) mass is 557 g/mol. The highest BCUT2D eigenvalue weighted by molar-refractivity contribution is 7.84. The molecule has 15 heteroatoms. The number of anilines is 1. The predicted molar refractivity (Wildman–Crippen MR) is 126 cm³/mol. The van der Waals surface area contributed by atoms with Crippen LogP contribution in [0.15, 0.2) is 55.1 Å². The molecule has 0 saturated heterocycles. The fraction of sp³-hybridized carbons (Fsp3) is 0.348. The standard InChI is InChI=1S/C23H23F4N5O5S/c24-19-17(6-15(21(19)34)11-37-38(28,35)36)31-22-16(8-29-12-30-22)20(33)14-7-18(23(25,26)27)32(10-14)9-13-4-2-1-3-5-13/h1-5,7-8,10,12,15,17,19,21,34H,6,9,11H2,(H2,28,35,36)(H,29,30,31). The maximum Gasteiger partial charge on any atom is 0.431 e. The van der Waals surface area contributed by atoms with Crippen LogP contribution < -0.4 is 10.5 Å². The van der Waals surface area contributed by atoms with E-state index in [0.717, 1.165) is 29.4 Å². The molecule has 1 aliphatic carbocycles. The molecule has 204 valence electrons. The molecule has 0 spiro atoms. The molecule has 0 bridgehead atoms. The number of aromatic nitrogens is 3. The number of rotatable bonds is 9. The molecule has 2 aromatic heterocycles. The van der Waals surface area contributed by atoms with Crippen molar-refractivity contribution >= 4 is 21.9 Å². The molecule has 1 saturated carbocycles. The van der Waals surface area contributed by atoms with Gasteiger partial charge in [-0.25, -0.2) is 19.5 Å². The lowest BCUT2D eigenvalue weighted by Crippen LogP contribution is -2.33. The van der Waals surface area contributed by atoms with E-state index in [-0.39, 0.29) is 29.9 Å². The predicted octanol–water partition coefficient (Wildman–Crippen LogP) is 2.30. The maximum absolute atomic E-state index is 14.8. The summed E-state index contributed by atoms with van der Waals surface area (Å²) in [5.74, 6) is -1.95. The minimum atomic E-state index is -4.74. The molecule has 2 heterocycles. The number of halogens is 4. The van der Waals surface area contributed by atoms with Crippen LogP contribution in [0.4, 0.5) is 23.4 Å². The number of hydrogen-bond donors (Lipinski definition) is 3. The molecule has 3 aromatic rings. The lowest BCUT2D eigenvalue weighted by Gasteiger charge is -2.18. The molecular formula is C23H23F4N5O5S. The van der Waals surface area contributed by atoms with E-state index in [9.17, 15) is 35.9 Å². The molecule has 4 rings (SSSR count). The molecule has 1 aromatic carbocycles. The number of hydrogen-bond acceptors (Lipinski definition) is 8. The first kappa shape index (κ1) is 27.6. The number of aliphatic hydroxyl groups excluding tert-OH is 1. The Hall–Kier alpha value is -3.40. The number of carbonyl (C=O) groups excluding carboxylic acids is 1. The third-order valence-corrected chi connectivity index (χ3v) is 6.59. The summed E-state index contributed by atoms with van der Waals surface area (Å²) < 4.78 is 83.4. The molecule has 0 amide bonds. The summed E-state index contributed by atoms with van der Waals surface area (Å²) in [5.41, 5.74) is -0.943. The highest BCUT2D eigenvalue weighted by atomic mass is 32.2. The topological polar surface area (TPSA) is 149 Å². The number of alkyl halides is 4. The van der Waals surface area contributed by atoms with Crippen LogP contribution >= 0.6 is 0 Å². The average Bonchev–Trinajstić information content (AvgIpc) is 3.40. The minimum Gasteiger partial charge on any atom is -0.390 e. The molecule has 4 atom stereocenters. The van der Waals surface area contributed by atoms with E-state index in [1.165, 1.54) is 0 Å². The van der Waals surface area contributed by atoms with Gasteiger partial charge in [-0.15, -0.1) is 0 Å². The van der Waals surface area contributed by atoms with Crippen molar-refractivity contribution in [3.63, 3.8) is 0 Å². The largest absolute Gasteiger partial charge is 0.431 e. The zero-order valence-electron chi connectivity index (χ0n) is 19.5. The Balaban J connectivity index is 1.58. The van der Waals surface area contributed by atoms with Crippen molar-refractivity contribution in [3.8, 4) is 0 Å². The van der Waals surface area contributed by atoms with Gasteiger partial charge in [-0.05, 0) is 18.1 Å². The second kappa shape index (κ2) is 10.8. The maximum atomic E-state index is 14.8. The van der Waals surface area contributed by atoms with Gasteiger partial charge in [-0.1, -0.05) is 30.3 Å². The third kappa shape index (κ3) is 6.35. The first-order chi connectivity index (χ1) is 17.8.